The summed E-state index contributed by atoms with van der Waals surface area (Å²) in [5.74, 6) is 0.752. The van der Waals surface area contributed by atoms with Crippen LogP contribution in [0.2, 0.25) is 0 Å². The Balaban J connectivity index is 1.70. The number of fused-ring (bicyclic) bond motifs is 1. The fourth-order valence-electron chi connectivity index (χ4n) is 3.06. The van der Waals surface area contributed by atoms with Crippen molar-refractivity contribution in [3.63, 3.8) is 0 Å². The molecule has 2 N–H and O–H groups in total. The Hall–Kier alpha value is -1.87. The highest BCUT2D eigenvalue weighted by molar-refractivity contribution is 5.97. The molecule has 1 aliphatic rings. The van der Waals surface area contributed by atoms with Crippen LogP contribution in [0.1, 0.15) is 26.2 Å². The van der Waals surface area contributed by atoms with Gasteiger partial charge in [-0.05, 0) is 48.2 Å². The third-order valence-corrected chi connectivity index (χ3v) is 4.42. The minimum absolute atomic E-state index is 0.0600. The first-order valence-corrected chi connectivity index (χ1v) is 7.79. The molecule has 1 aliphatic heterocycles. The van der Waals surface area contributed by atoms with Crippen LogP contribution < -0.4 is 10.6 Å². The average molecular weight is 282 g/mol. The molecule has 0 bridgehead atoms. The number of carbonyl (C=O) groups excluding carboxylic acids is 1. The Kier molecular flexibility index (Phi) is 4.20. The van der Waals surface area contributed by atoms with Gasteiger partial charge in [-0.15, -0.1) is 0 Å². The van der Waals surface area contributed by atoms with Gasteiger partial charge in [0.1, 0.15) is 0 Å². The SMILES string of the molecule is CCC1CCNC(C(=O)Nc2ccc3ccccc3c2)C1. The molecule has 2 aromatic rings. The second-order valence-corrected chi connectivity index (χ2v) is 5.86. The number of hydrogen-bond acceptors (Lipinski definition) is 2. The van der Waals surface area contributed by atoms with Crippen LogP contribution in [0.3, 0.4) is 0 Å². The first-order valence-electron chi connectivity index (χ1n) is 7.79. The number of nitrogens with one attached hydrogen (secondary N) is 2. The summed E-state index contributed by atoms with van der Waals surface area (Å²) in [6, 6.07) is 14.2. The second-order valence-electron chi connectivity index (χ2n) is 5.86. The van der Waals surface area contributed by atoms with Crippen LogP contribution in [0.15, 0.2) is 42.5 Å². The number of carbonyl (C=O) groups is 1. The molecule has 3 rings (SSSR count). The van der Waals surface area contributed by atoms with E-state index >= 15 is 0 Å². The quantitative estimate of drug-likeness (QED) is 0.904. The predicted octanol–water partition coefficient (Wildman–Crippen LogP) is 3.56. The predicted molar refractivity (Wildman–Crippen MR) is 87.4 cm³/mol. The maximum absolute atomic E-state index is 12.4. The van der Waals surface area contributed by atoms with Gasteiger partial charge in [0.25, 0.3) is 0 Å². The van der Waals surface area contributed by atoms with Gasteiger partial charge in [0.15, 0.2) is 0 Å². The summed E-state index contributed by atoms with van der Waals surface area (Å²) >= 11 is 0. The zero-order chi connectivity index (χ0) is 14.7. The fourth-order valence-corrected chi connectivity index (χ4v) is 3.06. The molecule has 0 spiro atoms. The van der Waals surface area contributed by atoms with E-state index in [1.807, 2.05) is 30.3 Å². The van der Waals surface area contributed by atoms with Crippen molar-refractivity contribution in [1.82, 2.24) is 5.32 Å². The van der Waals surface area contributed by atoms with Gasteiger partial charge in [0, 0.05) is 5.69 Å². The molecule has 2 atom stereocenters. The highest BCUT2D eigenvalue weighted by Crippen LogP contribution is 2.22. The Morgan fingerprint density at radius 1 is 1.24 bits per heavy atom. The van der Waals surface area contributed by atoms with Crippen molar-refractivity contribution < 1.29 is 4.79 Å². The first-order chi connectivity index (χ1) is 10.3. The van der Waals surface area contributed by atoms with Crippen LogP contribution in [0.5, 0.6) is 0 Å². The van der Waals surface area contributed by atoms with Crippen LogP contribution >= 0.6 is 0 Å². The van der Waals surface area contributed by atoms with Crippen molar-refractivity contribution in [2.45, 2.75) is 32.2 Å². The van der Waals surface area contributed by atoms with Crippen molar-refractivity contribution in [2.75, 3.05) is 11.9 Å². The van der Waals surface area contributed by atoms with E-state index in [1.54, 1.807) is 0 Å². The van der Waals surface area contributed by atoms with Crippen LogP contribution in [0, 0.1) is 5.92 Å². The molecule has 0 radical (unpaired) electrons. The van der Waals surface area contributed by atoms with Crippen LogP contribution in [-0.4, -0.2) is 18.5 Å². The van der Waals surface area contributed by atoms with E-state index in [0.717, 1.165) is 30.5 Å². The second kappa shape index (κ2) is 6.27. The largest absolute Gasteiger partial charge is 0.325 e. The van der Waals surface area contributed by atoms with Gasteiger partial charge in [0.2, 0.25) is 5.91 Å². The van der Waals surface area contributed by atoms with E-state index in [-0.39, 0.29) is 11.9 Å². The minimum atomic E-state index is -0.0600. The van der Waals surface area contributed by atoms with Crippen LogP contribution in [0.4, 0.5) is 5.69 Å². The van der Waals surface area contributed by atoms with Gasteiger partial charge in [-0.2, -0.15) is 0 Å². The molecular weight excluding hydrogens is 260 g/mol. The third kappa shape index (κ3) is 3.24. The molecule has 2 unspecified atom stereocenters. The standard InChI is InChI=1S/C18H22N2O/c1-2-13-9-10-19-17(11-13)18(21)20-16-8-7-14-5-3-4-6-15(14)12-16/h3-8,12-13,17,19H,2,9-11H2,1H3,(H,20,21). The van der Waals surface area contributed by atoms with Gasteiger partial charge in [0.05, 0.1) is 6.04 Å². The maximum Gasteiger partial charge on any atom is 0.241 e. The molecule has 21 heavy (non-hydrogen) atoms. The summed E-state index contributed by atoms with van der Waals surface area (Å²) < 4.78 is 0. The first kappa shape index (κ1) is 14.1. The van der Waals surface area contributed by atoms with Crippen LogP contribution in [-0.2, 0) is 4.79 Å². The van der Waals surface area contributed by atoms with Gasteiger partial charge in [-0.3, -0.25) is 4.79 Å². The molecule has 2 aromatic carbocycles. The molecule has 110 valence electrons. The lowest BCUT2D eigenvalue weighted by atomic mass is 9.90. The normalized spacial score (nSPS) is 22.1. The smallest absolute Gasteiger partial charge is 0.241 e. The van der Waals surface area contributed by atoms with E-state index < -0.39 is 0 Å². The van der Waals surface area contributed by atoms with E-state index in [9.17, 15) is 4.79 Å². The van der Waals surface area contributed by atoms with Crippen molar-refractivity contribution in [2.24, 2.45) is 5.92 Å². The van der Waals surface area contributed by atoms with Crippen molar-refractivity contribution in [3.05, 3.63) is 42.5 Å². The number of amides is 1. The molecule has 0 saturated carbocycles. The molecule has 1 fully saturated rings. The van der Waals surface area contributed by atoms with E-state index in [0.29, 0.717) is 5.92 Å². The van der Waals surface area contributed by atoms with Gasteiger partial charge < -0.3 is 10.6 Å². The highest BCUT2D eigenvalue weighted by atomic mass is 16.2. The van der Waals surface area contributed by atoms with Gasteiger partial charge >= 0.3 is 0 Å². The molecule has 1 saturated heterocycles. The summed E-state index contributed by atoms with van der Waals surface area (Å²) in [5, 5.41) is 8.72. The fraction of sp³-hybridized carbons (Fsp3) is 0.389. The van der Waals surface area contributed by atoms with E-state index in [1.165, 1.54) is 11.8 Å². The van der Waals surface area contributed by atoms with E-state index in [2.05, 4.69) is 29.7 Å². The molecule has 0 aliphatic carbocycles. The molecule has 3 nitrogen and oxygen atoms in total. The molecule has 1 amide bonds. The third-order valence-electron chi connectivity index (χ3n) is 4.42. The molecular formula is C18H22N2O. The van der Waals surface area contributed by atoms with Crippen molar-refractivity contribution in [3.8, 4) is 0 Å². The topological polar surface area (TPSA) is 41.1 Å². The van der Waals surface area contributed by atoms with E-state index in [4.69, 9.17) is 0 Å². The zero-order valence-electron chi connectivity index (χ0n) is 12.4. The van der Waals surface area contributed by atoms with Gasteiger partial charge in [-0.25, -0.2) is 0 Å². The number of benzene rings is 2. The maximum atomic E-state index is 12.4. The molecule has 1 heterocycles. The van der Waals surface area contributed by atoms with Crippen molar-refractivity contribution >= 4 is 22.4 Å². The number of rotatable bonds is 3. The Bertz CT molecular complexity index is 638. The Morgan fingerprint density at radius 3 is 2.86 bits per heavy atom. The van der Waals surface area contributed by atoms with Crippen LogP contribution in [0.25, 0.3) is 10.8 Å². The lowest BCUT2D eigenvalue weighted by Crippen LogP contribution is -2.46. The number of hydrogen-bond donors (Lipinski definition) is 2. The Labute approximate surface area is 125 Å². The highest BCUT2D eigenvalue weighted by Gasteiger charge is 2.25. The summed E-state index contributed by atoms with van der Waals surface area (Å²) in [5.41, 5.74) is 0.874. The molecule has 0 aromatic heterocycles. The summed E-state index contributed by atoms with van der Waals surface area (Å²) in [6.07, 6.45) is 3.27. The lowest BCUT2D eigenvalue weighted by Gasteiger charge is -2.28. The number of anilines is 1. The van der Waals surface area contributed by atoms with Crippen molar-refractivity contribution in [1.29, 1.82) is 0 Å². The summed E-state index contributed by atoms with van der Waals surface area (Å²) in [6.45, 7) is 3.14. The summed E-state index contributed by atoms with van der Waals surface area (Å²) in [7, 11) is 0. The Morgan fingerprint density at radius 2 is 2.05 bits per heavy atom. The monoisotopic (exact) mass is 282 g/mol. The average Bonchev–Trinajstić information content (AvgIpc) is 2.54. The zero-order valence-corrected chi connectivity index (χ0v) is 12.4. The number of piperidine rings is 1. The minimum Gasteiger partial charge on any atom is -0.325 e. The lowest BCUT2D eigenvalue weighted by molar-refractivity contribution is -0.119. The van der Waals surface area contributed by atoms with Gasteiger partial charge in [-0.1, -0.05) is 43.7 Å². The summed E-state index contributed by atoms with van der Waals surface area (Å²) in [4.78, 5) is 12.4. The molecule has 3 heteroatoms.